The van der Waals surface area contributed by atoms with Gasteiger partial charge in [0.15, 0.2) is 0 Å². The smallest absolute Gasteiger partial charge is 0.358 e. The molecule has 1 aromatic heterocycles. The van der Waals surface area contributed by atoms with Gasteiger partial charge in [-0.05, 0) is 13.8 Å². The Kier molecular flexibility index (Phi) is 4.93. The lowest BCUT2D eigenvalue weighted by molar-refractivity contribution is -0.138. The van der Waals surface area contributed by atoms with Crippen LogP contribution in [0.2, 0.25) is 5.15 Å². The van der Waals surface area contributed by atoms with Gasteiger partial charge in [0, 0.05) is 12.1 Å². The van der Waals surface area contributed by atoms with Gasteiger partial charge in [0.05, 0.1) is 11.1 Å². The van der Waals surface area contributed by atoms with Gasteiger partial charge in [-0.15, -0.1) is 0 Å². The van der Waals surface area contributed by atoms with Crippen molar-refractivity contribution in [3.8, 4) is 11.1 Å². The van der Waals surface area contributed by atoms with Crippen molar-refractivity contribution in [2.45, 2.75) is 26.1 Å². The summed E-state index contributed by atoms with van der Waals surface area (Å²) in [5, 5.41) is 1.54. The molecule has 0 bridgehead atoms. The predicted octanol–water partition coefficient (Wildman–Crippen LogP) is 4.89. The highest BCUT2D eigenvalue weighted by molar-refractivity contribution is 6.32. The highest BCUT2D eigenvalue weighted by Crippen LogP contribution is 2.37. The van der Waals surface area contributed by atoms with Crippen LogP contribution in [0.3, 0.4) is 0 Å². The van der Waals surface area contributed by atoms with Crippen LogP contribution in [0.15, 0.2) is 12.1 Å². The summed E-state index contributed by atoms with van der Waals surface area (Å²) in [5.74, 6) is -4.39. The summed E-state index contributed by atoms with van der Waals surface area (Å²) in [6.45, 7) is 2.14. The molecule has 0 aliphatic rings. The van der Waals surface area contributed by atoms with Crippen molar-refractivity contribution in [3.63, 3.8) is 0 Å². The van der Waals surface area contributed by atoms with E-state index in [-0.39, 0.29) is 5.82 Å². The van der Waals surface area contributed by atoms with Crippen molar-refractivity contribution in [1.82, 2.24) is 9.97 Å². The SMILES string of the molecule is Cc1nc(Cl)c(-c2c(F)cc(F)cc2F)c(N[C@@H](C)C(F)(F)F)n1. The van der Waals surface area contributed by atoms with Crippen molar-refractivity contribution in [2.75, 3.05) is 5.32 Å². The fraction of sp³-hybridized carbons (Fsp3) is 0.286. The van der Waals surface area contributed by atoms with Gasteiger partial charge >= 0.3 is 6.18 Å². The van der Waals surface area contributed by atoms with Gasteiger partial charge in [-0.2, -0.15) is 13.2 Å². The second-order valence-electron chi connectivity index (χ2n) is 4.94. The number of nitrogens with one attached hydrogen (secondary N) is 1. The molecule has 1 N–H and O–H groups in total. The number of benzene rings is 1. The molecule has 0 spiro atoms. The lowest BCUT2D eigenvalue weighted by Gasteiger charge is -2.20. The van der Waals surface area contributed by atoms with E-state index in [2.05, 4.69) is 9.97 Å². The molecule has 0 saturated heterocycles. The fourth-order valence-corrected chi connectivity index (χ4v) is 2.24. The van der Waals surface area contributed by atoms with Crippen molar-refractivity contribution in [2.24, 2.45) is 0 Å². The van der Waals surface area contributed by atoms with Crippen LogP contribution in [0, 0.1) is 24.4 Å². The van der Waals surface area contributed by atoms with Crippen LogP contribution in [0.4, 0.5) is 32.2 Å². The van der Waals surface area contributed by atoms with Gasteiger partial charge in [0.25, 0.3) is 0 Å². The monoisotopic (exact) mass is 369 g/mol. The molecule has 2 rings (SSSR count). The minimum Gasteiger partial charge on any atom is -0.358 e. The summed E-state index contributed by atoms with van der Waals surface area (Å²) < 4.78 is 79.3. The number of aromatic nitrogens is 2. The maximum absolute atomic E-state index is 14.0. The molecule has 10 heteroatoms. The Morgan fingerprint density at radius 1 is 1.04 bits per heavy atom. The molecule has 2 aromatic rings. The van der Waals surface area contributed by atoms with E-state index in [9.17, 15) is 26.3 Å². The molecular weight excluding hydrogens is 360 g/mol. The molecule has 1 aromatic carbocycles. The maximum Gasteiger partial charge on any atom is 0.408 e. The van der Waals surface area contributed by atoms with E-state index in [0.717, 1.165) is 6.92 Å². The molecule has 0 aliphatic carbocycles. The largest absolute Gasteiger partial charge is 0.408 e. The topological polar surface area (TPSA) is 37.8 Å². The highest BCUT2D eigenvalue weighted by atomic mass is 35.5. The van der Waals surface area contributed by atoms with Crippen LogP contribution in [0.25, 0.3) is 11.1 Å². The van der Waals surface area contributed by atoms with E-state index in [1.165, 1.54) is 6.92 Å². The quantitative estimate of drug-likeness (QED) is 0.618. The molecule has 24 heavy (non-hydrogen) atoms. The maximum atomic E-state index is 14.0. The van der Waals surface area contributed by atoms with Gasteiger partial charge in [-0.25, -0.2) is 23.1 Å². The first-order valence-electron chi connectivity index (χ1n) is 6.53. The third kappa shape index (κ3) is 3.72. The molecule has 1 atom stereocenters. The zero-order valence-corrected chi connectivity index (χ0v) is 13.0. The van der Waals surface area contributed by atoms with Crippen LogP contribution in [0.5, 0.6) is 0 Å². The molecule has 0 amide bonds. The minimum absolute atomic E-state index is 0.0106. The van der Waals surface area contributed by atoms with E-state index >= 15 is 0 Å². The van der Waals surface area contributed by atoms with Crippen LogP contribution in [-0.4, -0.2) is 22.2 Å². The number of hydrogen-bond acceptors (Lipinski definition) is 3. The molecule has 1 heterocycles. The second kappa shape index (κ2) is 6.46. The minimum atomic E-state index is -4.64. The zero-order valence-electron chi connectivity index (χ0n) is 12.3. The Balaban J connectivity index is 2.67. The first-order chi connectivity index (χ1) is 11.0. The first kappa shape index (κ1) is 18.3. The van der Waals surface area contributed by atoms with Crippen molar-refractivity contribution in [3.05, 3.63) is 40.6 Å². The zero-order chi connectivity index (χ0) is 18.2. The summed E-state index contributed by atoms with van der Waals surface area (Å²) in [4.78, 5) is 7.43. The second-order valence-corrected chi connectivity index (χ2v) is 5.30. The number of nitrogens with zero attached hydrogens (tertiary/aromatic N) is 2. The van der Waals surface area contributed by atoms with E-state index in [4.69, 9.17) is 11.6 Å². The van der Waals surface area contributed by atoms with Crippen LogP contribution in [-0.2, 0) is 0 Å². The molecular formula is C14H10ClF6N3. The highest BCUT2D eigenvalue weighted by Gasteiger charge is 2.37. The number of aryl methyl sites for hydroxylation is 1. The Labute approximate surface area is 137 Å². The van der Waals surface area contributed by atoms with E-state index in [1.807, 2.05) is 5.32 Å². The average molecular weight is 370 g/mol. The molecule has 3 nitrogen and oxygen atoms in total. The van der Waals surface area contributed by atoms with Crippen LogP contribution >= 0.6 is 11.6 Å². The molecule has 0 saturated carbocycles. The van der Waals surface area contributed by atoms with Gasteiger partial charge in [0.1, 0.15) is 40.3 Å². The normalized spacial score (nSPS) is 13.0. The summed E-state index contributed by atoms with van der Waals surface area (Å²) in [5.41, 5.74) is -1.34. The Hall–Kier alpha value is -2.03. The number of anilines is 1. The van der Waals surface area contributed by atoms with E-state index in [0.29, 0.717) is 12.1 Å². The molecule has 0 aliphatic heterocycles. The molecule has 0 fully saturated rings. The summed E-state index contributed by atoms with van der Waals surface area (Å²) in [7, 11) is 0. The number of alkyl halides is 3. The Morgan fingerprint density at radius 2 is 1.58 bits per heavy atom. The van der Waals surface area contributed by atoms with Gasteiger partial charge in [-0.3, -0.25) is 0 Å². The third-order valence-corrected chi connectivity index (χ3v) is 3.35. The standard InChI is InChI=1S/C14H10ClF6N3/c1-5(14(19,20)21)22-13-11(12(15)23-6(2)24-13)10-8(17)3-7(16)4-9(10)18/h3-5H,1-2H3,(H,22,23,24)/t5-/m0/s1. The number of rotatable bonds is 3. The van der Waals surface area contributed by atoms with Gasteiger partial charge in [-0.1, -0.05) is 11.6 Å². The predicted molar refractivity (Wildman–Crippen MR) is 76.2 cm³/mol. The number of hydrogen-bond donors (Lipinski definition) is 1. The first-order valence-corrected chi connectivity index (χ1v) is 6.90. The molecule has 0 radical (unpaired) electrons. The van der Waals surface area contributed by atoms with E-state index < -0.39 is 51.8 Å². The van der Waals surface area contributed by atoms with Crippen molar-refractivity contribution >= 4 is 17.4 Å². The third-order valence-electron chi connectivity index (χ3n) is 3.08. The summed E-state index contributed by atoms with van der Waals surface area (Å²) in [6.07, 6.45) is -4.64. The van der Waals surface area contributed by atoms with Crippen molar-refractivity contribution in [1.29, 1.82) is 0 Å². The lowest BCUT2D eigenvalue weighted by Crippen LogP contribution is -2.33. The van der Waals surface area contributed by atoms with E-state index in [1.54, 1.807) is 0 Å². The molecule has 130 valence electrons. The Bertz CT molecular complexity index is 755. The fourth-order valence-electron chi connectivity index (χ4n) is 1.93. The summed E-state index contributed by atoms with van der Waals surface area (Å²) >= 11 is 5.85. The van der Waals surface area contributed by atoms with Gasteiger partial charge < -0.3 is 5.32 Å². The average Bonchev–Trinajstić information content (AvgIpc) is 2.39. The van der Waals surface area contributed by atoms with Crippen LogP contribution < -0.4 is 5.32 Å². The number of halogens is 7. The molecule has 0 unspecified atom stereocenters. The lowest BCUT2D eigenvalue weighted by atomic mass is 10.1. The Morgan fingerprint density at radius 3 is 2.08 bits per heavy atom. The summed E-state index contributed by atoms with van der Waals surface area (Å²) in [6, 6.07) is -1.31. The van der Waals surface area contributed by atoms with Gasteiger partial charge in [0.2, 0.25) is 0 Å². The van der Waals surface area contributed by atoms with Crippen molar-refractivity contribution < 1.29 is 26.3 Å². The van der Waals surface area contributed by atoms with Crippen LogP contribution in [0.1, 0.15) is 12.7 Å².